The zero-order valence-electron chi connectivity index (χ0n) is 19.7. The van der Waals surface area contributed by atoms with Gasteiger partial charge in [-0.05, 0) is 35.4 Å². The van der Waals surface area contributed by atoms with Gasteiger partial charge in [0, 0.05) is 0 Å². The van der Waals surface area contributed by atoms with Crippen molar-refractivity contribution >= 4 is 0 Å². The van der Waals surface area contributed by atoms with Gasteiger partial charge in [-0.3, -0.25) is 0 Å². The van der Waals surface area contributed by atoms with Crippen molar-refractivity contribution in [3.05, 3.63) is 108 Å². The Kier molecular flexibility index (Phi) is 7.36. The first-order valence-electron chi connectivity index (χ1n) is 11.9. The molecule has 6 heteroatoms. The van der Waals surface area contributed by atoms with Crippen LogP contribution in [0.25, 0.3) is 11.1 Å². The predicted octanol–water partition coefficient (Wildman–Crippen LogP) is 5.71. The first-order chi connectivity index (χ1) is 17.7. The Bertz CT molecular complexity index is 1170. The lowest BCUT2D eigenvalue weighted by atomic mass is 10.00. The Morgan fingerprint density at radius 2 is 0.944 bits per heavy atom. The lowest BCUT2D eigenvalue weighted by Crippen LogP contribution is -2.44. The maximum atomic E-state index is 10.7. The summed E-state index contributed by atoms with van der Waals surface area (Å²) in [5, 5.41) is 21.4. The molecular formula is C30H28O6. The average molecular weight is 485 g/mol. The minimum Gasteiger partial charge on any atom is -0.507 e. The number of hydrogen-bond acceptors (Lipinski definition) is 6. The molecule has 184 valence electrons. The molecule has 0 bridgehead atoms. The van der Waals surface area contributed by atoms with Crippen LogP contribution in [0.15, 0.2) is 97.1 Å². The molecule has 4 aromatic carbocycles. The molecule has 36 heavy (non-hydrogen) atoms. The van der Waals surface area contributed by atoms with Crippen LogP contribution in [0.2, 0.25) is 0 Å². The third-order valence-corrected chi connectivity index (χ3v) is 6.02. The minimum absolute atomic E-state index is 0.0124. The number of phenols is 2. The van der Waals surface area contributed by atoms with Gasteiger partial charge in [-0.1, -0.05) is 72.8 Å². The molecule has 0 amide bonds. The summed E-state index contributed by atoms with van der Waals surface area (Å²) in [7, 11) is 0. The smallest absolute Gasteiger partial charge is 0.161 e. The Balaban J connectivity index is 1.42. The number of fused-ring (bicyclic) bond motifs is 3. The second-order valence-corrected chi connectivity index (χ2v) is 8.61. The van der Waals surface area contributed by atoms with Crippen molar-refractivity contribution in [3.63, 3.8) is 0 Å². The van der Waals surface area contributed by atoms with Gasteiger partial charge in [0.1, 0.15) is 23.0 Å². The number of benzene rings is 4. The lowest BCUT2D eigenvalue weighted by Gasteiger charge is -2.32. The second kappa shape index (κ2) is 11.2. The standard InChI is InChI=1S/C30H28O6/c31-23-13-7-15-25-29(23)30-24(32)14-8-16-26(30)36-28(20-34-18-22-11-5-2-6-12-22)27(35-25)19-33-17-21-9-3-1-4-10-21/h1-16,27-28,31-32H,17-20H2/t27-,28-/m1/s1. The van der Waals surface area contributed by atoms with Crippen LogP contribution in [0, 0.1) is 0 Å². The molecule has 0 radical (unpaired) electrons. The Morgan fingerprint density at radius 1 is 0.528 bits per heavy atom. The van der Waals surface area contributed by atoms with Crippen LogP contribution in [0.5, 0.6) is 23.0 Å². The average Bonchev–Trinajstić information content (AvgIpc) is 2.89. The molecule has 5 rings (SSSR count). The molecule has 2 atom stereocenters. The summed E-state index contributed by atoms with van der Waals surface area (Å²) in [5.41, 5.74) is 2.86. The second-order valence-electron chi connectivity index (χ2n) is 8.61. The highest BCUT2D eigenvalue weighted by molar-refractivity contribution is 5.85. The molecule has 0 fully saturated rings. The summed E-state index contributed by atoms with van der Waals surface area (Å²) in [6.45, 7) is 1.31. The molecule has 6 nitrogen and oxygen atoms in total. The maximum absolute atomic E-state index is 10.7. The van der Waals surface area contributed by atoms with Crippen LogP contribution in [0.1, 0.15) is 11.1 Å². The Morgan fingerprint density at radius 3 is 1.36 bits per heavy atom. The maximum Gasteiger partial charge on any atom is 0.161 e. The molecule has 1 aliphatic heterocycles. The van der Waals surface area contributed by atoms with Crippen molar-refractivity contribution in [2.45, 2.75) is 25.4 Å². The molecule has 1 aliphatic rings. The van der Waals surface area contributed by atoms with Crippen molar-refractivity contribution in [1.82, 2.24) is 0 Å². The van der Waals surface area contributed by atoms with E-state index in [9.17, 15) is 10.2 Å². The van der Waals surface area contributed by atoms with Crippen molar-refractivity contribution in [2.75, 3.05) is 13.2 Å². The minimum atomic E-state index is -0.541. The predicted molar refractivity (Wildman–Crippen MR) is 136 cm³/mol. The lowest BCUT2D eigenvalue weighted by molar-refractivity contribution is -0.0553. The summed E-state index contributed by atoms with van der Waals surface area (Å²) in [6.07, 6.45) is -1.08. The Hall–Kier alpha value is -4.00. The van der Waals surface area contributed by atoms with Gasteiger partial charge in [0.25, 0.3) is 0 Å². The van der Waals surface area contributed by atoms with Gasteiger partial charge >= 0.3 is 0 Å². The third kappa shape index (κ3) is 5.46. The fraction of sp³-hybridized carbons (Fsp3) is 0.200. The monoisotopic (exact) mass is 484 g/mol. The van der Waals surface area contributed by atoms with Gasteiger partial charge in [0.2, 0.25) is 0 Å². The van der Waals surface area contributed by atoms with Gasteiger partial charge in [-0.15, -0.1) is 0 Å². The zero-order chi connectivity index (χ0) is 24.7. The molecule has 0 saturated heterocycles. The van der Waals surface area contributed by atoms with Crippen molar-refractivity contribution in [1.29, 1.82) is 0 Å². The van der Waals surface area contributed by atoms with E-state index in [1.165, 1.54) is 0 Å². The molecule has 1 heterocycles. The summed E-state index contributed by atoms with van der Waals surface area (Å²) >= 11 is 0. The molecule has 0 aromatic heterocycles. The molecule has 0 aliphatic carbocycles. The SMILES string of the molecule is Oc1cccc2c1-c1c(O)cccc1O[C@H](COCc1ccccc1)[C@@H](COCc1ccccc1)O2. The normalized spacial score (nSPS) is 16.6. The highest BCUT2D eigenvalue weighted by Gasteiger charge is 2.33. The summed E-state index contributed by atoms with van der Waals surface area (Å²) < 4.78 is 24.8. The third-order valence-electron chi connectivity index (χ3n) is 6.02. The molecular weight excluding hydrogens is 456 g/mol. The van der Waals surface area contributed by atoms with E-state index >= 15 is 0 Å². The molecule has 0 unspecified atom stereocenters. The van der Waals surface area contributed by atoms with Gasteiger partial charge < -0.3 is 29.2 Å². The fourth-order valence-corrected chi connectivity index (χ4v) is 4.23. The van der Waals surface area contributed by atoms with E-state index < -0.39 is 12.2 Å². The summed E-state index contributed by atoms with van der Waals surface area (Å²) in [4.78, 5) is 0. The number of aromatic hydroxyl groups is 2. The van der Waals surface area contributed by atoms with E-state index in [1.807, 2.05) is 60.7 Å². The highest BCUT2D eigenvalue weighted by Crippen LogP contribution is 2.48. The largest absolute Gasteiger partial charge is 0.507 e. The van der Waals surface area contributed by atoms with Crippen molar-refractivity contribution in [3.8, 4) is 34.1 Å². The van der Waals surface area contributed by atoms with Crippen LogP contribution < -0.4 is 9.47 Å². The van der Waals surface area contributed by atoms with Crippen LogP contribution in [0.4, 0.5) is 0 Å². The topological polar surface area (TPSA) is 77.4 Å². The number of ether oxygens (including phenoxy) is 4. The van der Waals surface area contributed by atoms with Crippen LogP contribution >= 0.6 is 0 Å². The Labute approximate surface area is 210 Å². The van der Waals surface area contributed by atoms with E-state index in [1.54, 1.807) is 36.4 Å². The van der Waals surface area contributed by atoms with Crippen LogP contribution in [-0.2, 0) is 22.7 Å². The van der Waals surface area contributed by atoms with E-state index in [0.717, 1.165) is 11.1 Å². The van der Waals surface area contributed by atoms with E-state index in [2.05, 4.69) is 0 Å². The van der Waals surface area contributed by atoms with Crippen LogP contribution in [-0.4, -0.2) is 35.6 Å². The summed E-state index contributed by atoms with van der Waals surface area (Å²) in [6, 6.07) is 29.9. The van der Waals surface area contributed by atoms with E-state index in [4.69, 9.17) is 18.9 Å². The molecule has 2 N–H and O–H groups in total. The van der Waals surface area contributed by atoms with Gasteiger partial charge in [-0.2, -0.15) is 0 Å². The first-order valence-corrected chi connectivity index (χ1v) is 11.9. The first kappa shape index (κ1) is 23.7. The van der Waals surface area contributed by atoms with Gasteiger partial charge in [0.05, 0.1) is 37.6 Å². The number of hydrogen-bond donors (Lipinski definition) is 2. The van der Waals surface area contributed by atoms with Gasteiger partial charge in [0.15, 0.2) is 12.2 Å². The quantitative estimate of drug-likeness (QED) is 0.334. The zero-order valence-corrected chi connectivity index (χ0v) is 19.7. The van der Waals surface area contributed by atoms with Crippen molar-refractivity contribution < 1.29 is 29.2 Å². The highest BCUT2D eigenvalue weighted by atomic mass is 16.6. The number of phenolic OH excluding ortho intramolecular Hbond substituents is 2. The fourth-order valence-electron chi connectivity index (χ4n) is 4.23. The van der Waals surface area contributed by atoms with Crippen LogP contribution in [0.3, 0.4) is 0 Å². The van der Waals surface area contributed by atoms with E-state index in [-0.39, 0.29) is 24.7 Å². The molecule has 0 saturated carbocycles. The van der Waals surface area contributed by atoms with Crippen molar-refractivity contribution in [2.24, 2.45) is 0 Å². The molecule has 4 aromatic rings. The van der Waals surface area contributed by atoms with E-state index in [0.29, 0.717) is 35.8 Å². The van der Waals surface area contributed by atoms with Gasteiger partial charge in [-0.25, -0.2) is 0 Å². The summed E-state index contributed by atoms with van der Waals surface area (Å²) in [5.74, 6) is 0.841. The number of rotatable bonds is 8. The molecule has 0 spiro atoms.